The van der Waals surface area contributed by atoms with E-state index in [9.17, 15) is 0 Å². The lowest BCUT2D eigenvalue weighted by molar-refractivity contribution is 0.457. The molecule has 0 saturated heterocycles. The van der Waals surface area contributed by atoms with Crippen LogP contribution in [0.1, 0.15) is 41.1 Å². The highest BCUT2D eigenvalue weighted by molar-refractivity contribution is 7.11. The highest BCUT2D eigenvalue weighted by atomic mass is 32.1. The van der Waals surface area contributed by atoms with Crippen LogP contribution in [0.3, 0.4) is 0 Å². The van der Waals surface area contributed by atoms with Crippen LogP contribution in [0.4, 0.5) is 0 Å². The van der Waals surface area contributed by atoms with Crippen molar-refractivity contribution in [2.24, 2.45) is 0 Å². The number of furan rings is 1. The van der Waals surface area contributed by atoms with Gasteiger partial charge in [-0.05, 0) is 31.9 Å². The van der Waals surface area contributed by atoms with Crippen LogP contribution in [0.15, 0.2) is 22.9 Å². The summed E-state index contributed by atoms with van der Waals surface area (Å²) in [7, 11) is 0. The summed E-state index contributed by atoms with van der Waals surface area (Å²) in [5, 5.41) is 4.58. The van der Waals surface area contributed by atoms with Crippen molar-refractivity contribution in [1.29, 1.82) is 0 Å². The highest BCUT2D eigenvalue weighted by Crippen LogP contribution is 2.21. The summed E-state index contributed by atoms with van der Waals surface area (Å²) in [6.45, 7) is 7.10. The molecule has 0 saturated carbocycles. The maximum atomic E-state index is 5.40. The molecule has 0 bridgehead atoms. The molecule has 0 aliphatic carbocycles. The number of rotatable bonds is 5. The average molecular weight is 250 g/mol. The van der Waals surface area contributed by atoms with Gasteiger partial charge in [0.05, 0.1) is 18.8 Å². The van der Waals surface area contributed by atoms with Crippen molar-refractivity contribution in [1.82, 2.24) is 10.3 Å². The van der Waals surface area contributed by atoms with Gasteiger partial charge < -0.3 is 9.73 Å². The summed E-state index contributed by atoms with van der Waals surface area (Å²) in [4.78, 5) is 5.77. The van der Waals surface area contributed by atoms with E-state index in [-0.39, 0.29) is 6.04 Å². The molecule has 1 unspecified atom stereocenters. The van der Waals surface area contributed by atoms with Gasteiger partial charge in [-0.3, -0.25) is 0 Å². The lowest BCUT2D eigenvalue weighted by atomic mass is 10.2. The molecule has 0 fully saturated rings. The first-order valence-corrected chi connectivity index (χ1v) is 6.73. The van der Waals surface area contributed by atoms with Crippen molar-refractivity contribution in [3.8, 4) is 0 Å². The van der Waals surface area contributed by atoms with Crippen LogP contribution in [0.2, 0.25) is 0 Å². The number of nitrogens with zero attached hydrogens (tertiary/aromatic N) is 1. The third-order valence-corrected chi connectivity index (χ3v) is 4.15. The molecule has 0 aromatic carbocycles. The van der Waals surface area contributed by atoms with Gasteiger partial charge in [-0.2, -0.15) is 0 Å². The van der Waals surface area contributed by atoms with Gasteiger partial charge in [0.2, 0.25) is 0 Å². The third-order valence-electron chi connectivity index (χ3n) is 2.83. The molecule has 2 rings (SSSR count). The normalized spacial score (nSPS) is 12.9. The molecular formula is C13H18N2OS. The fraction of sp³-hybridized carbons (Fsp3) is 0.462. The Morgan fingerprint density at radius 2 is 2.35 bits per heavy atom. The molecule has 3 nitrogen and oxygen atoms in total. The second-order valence-corrected chi connectivity index (χ2v) is 5.29. The number of hydrogen-bond donors (Lipinski definition) is 1. The summed E-state index contributed by atoms with van der Waals surface area (Å²) in [6, 6.07) is 2.25. The summed E-state index contributed by atoms with van der Waals surface area (Å²) in [5.41, 5.74) is 1.19. The molecule has 2 aromatic rings. The molecule has 1 N–H and O–H groups in total. The maximum absolute atomic E-state index is 5.40. The van der Waals surface area contributed by atoms with Crippen molar-refractivity contribution in [3.05, 3.63) is 39.7 Å². The number of aromatic nitrogens is 1. The molecule has 4 heteroatoms. The van der Waals surface area contributed by atoms with Crippen LogP contribution in [-0.4, -0.2) is 4.98 Å². The highest BCUT2D eigenvalue weighted by Gasteiger charge is 2.11. The van der Waals surface area contributed by atoms with Crippen LogP contribution in [0.5, 0.6) is 0 Å². The topological polar surface area (TPSA) is 38.1 Å². The number of nitrogens with one attached hydrogen (secondary N) is 1. The van der Waals surface area contributed by atoms with Crippen molar-refractivity contribution >= 4 is 11.3 Å². The van der Waals surface area contributed by atoms with Crippen molar-refractivity contribution in [3.63, 3.8) is 0 Å². The first kappa shape index (κ1) is 12.3. The molecule has 17 heavy (non-hydrogen) atoms. The Hall–Kier alpha value is -1.13. The van der Waals surface area contributed by atoms with Gasteiger partial charge in [-0.25, -0.2) is 4.98 Å². The Labute approximate surface area is 106 Å². The van der Waals surface area contributed by atoms with Gasteiger partial charge in [-0.15, -0.1) is 11.3 Å². The fourth-order valence-electron chi connectivity index (χ4n) is 1.60. The first-order chi connectivity index (χ1) is 8.20. The maximum Gasteiger partial charge on any atom is 0.120 e. The zero-order chi connectivity index (χ0) is 12.3. The Kier molecular flexibility index (Phi) is 3.97. The van der Waals surface area contributed by atoms with Crippen LogP contribution < -0.4 is 5.32 Å². The van der Waals surface area contributed by atoms with E-state index in [1.807, 2.05) is 12.3 Å². The number of thiazole rings is 1. The Balaban J connectivity index is 1.93. The van der Waals surface area contributed by atoms with Gasteiger partial charge in [-0.1, -0.05) is 6.92 Å². The molecule has 0 radical (unpaired) electrons. The van der Waals surface area contributed by atoms with Crippen LogP contribution in [0, 0.1) is 6.92 Å². The Morgan fingerprint density at radius 1 is 1.53 bits per heavy atom. The van der Waals surface area contributed by atoms with Crippen LogP contribution in [-0.2, 0) is 13.0 Å². The summed E-state index contributed by atoms with van der Waals surface area (Å²) in [5.74, 6) is 1.00. The van der Waals surface area contributed by atoms with E-state index in [0.717, 1.165) is 23.7 Å². The predicted octanol–water partition coefficient (Wildman–Crippen LogP) is 3.46. The van der Waals surface area contributed by atoms with Crippen molar-refractivity contribution in [2.45, 2.75) is 39.8 Å². The van der Waals surface area contributed by atoms with Gasteiger partial charge in [0.1, 0.15) is 10.8 Å². The molecule has 92 valence electrons. The average Bonchev–Trinajstić information content (AvgIpc) is 2.94. The minimum absolute atomic E-state index is 0.268. The zero-order valence-electron chi connectivity index (χ0n) is 10.5. The summed E-state index contributed by atoms with van der Waals surface area (Å²) < 4.78 is 5.40. The van der Waals surface area contributed by atoms with E-state index >= 15 is 0 Å². The van der Waals surface area contributed by atoms with E-state index in [4.69, 9.17) is 4.42 Å². The van der Waals surface area contributed by atoms with E-state index in [0.29, 0.717) is 0 Å². The predicted molar refractivity (Wildman–Crippen MR) is 70.2 cm³/mol. The quantitative estimate of drug-likeness (QED) is 0.883. The van der Waals surface area contributed by atoms with Crippen LogP contribution >= 0.6 is 11.3 Å². The molecule has 2 aromatic heterocycles. The lowest BCUT2D eigenvalue weighted by Gasteiger charge is -2.09. The minimum atomic E-state index is 0.268. The molecule has 0 aliphatic heterocycles. The van der Waals surface area contributed by atoms with E-state index in [2.05, 4.69) is 31.1 Å². The van der Waals surface area contributed by atoms with Gasteiger partial charge in [0.25, 0.3) is 0 Å². The standard InChI is InChI=1S/C13H18N2OS/c1-4-11-7-15-13(17-11)10(3)14-8-12-9(2)5-6-16-12/h5-7,10,14H,4,8H2,1-3H3. The van der Waals surface area contributed by atoms with Crippen LogP contribution in [0.25, 0.3) is 0 Å². The molecule has 2 heterocycles. The molecule has 0 spiro atoms. The van der Waals surface area contributed by atoms with Gasteiger partial charge in [0, 0.05) is 11.1 Å². The Morgan fingerprint density at radius 3 is 2.94 bits per heavy atom. The number of aryl methyl sites for hydroxylation is 2. The van der Waals surface area contributed by atoms with E-state index in [1.165, 1.54) is 10.4 Å². The van der Waals surface area contributed by atoms with E-state index < -0.39 is 0 Å². The van der Waals surface area contributed by atoms with Crippen molar-refractivity contribution in [2.75, 3.05) is 0 Å². The van der Waals surface area contributed by atoms with E-state index in [1.54, 1.807) is 17.6 Å². The summed E-state index contributed by atoms with van der Waals surface area (Å²) >= 11 is 1.78. The lowest BCUT2D eigenvalue weighted by Crippen LogP contribution is -2.17. The minimum Gasteiger partial charge on any atom is -0.468 e. The van der Waals surface area contributed by atoms with Gasteiger partial charge in [0.15, 0.2) is 0 Å². The third kappa shape index (κ3) is 2.96. The molecule has 0 amide bonds. The molecule has 0 aliphatic rings. The second kappa shape index (κ2) is 5.47. The fourth-order valence-corrected chi connectivity index (χ4v) is 2.49. The largest absolute Gasteiger partial charge is 0.468 e. The zero-order valence-corrected chi connectivity index (χ0v) is 11.3. The van der Waals surface area contributed by atoms with Gasteiger partial charge >= 0.3 is 0 Å². The molecular weight excluding hydrogens is 232 g/mol. The first-order valence-electron chi connectivity index (χ1n) is 5.91. The smallest absolute Gasteiger partial charge is 0.120 e. The van der Waals surface area contributed by atoms with Crippen molar-refractivity contribution < 1.29 is 4.42 Å². The monoisotopic (exact) mass is 250 g/mol. The molecule has 1 atom stereocenters. The number of hydrogen-bond acceptors (Lipinski definition) is 4. The summed E-state index contributed by atoms with van der Waals surface area (Å²) in [6.07, 6.45) is 4.76. The second-order valence-electron chi connectivity index (χ2n) is 4.15. The Bertz CT molecular complexity index is 475. The SMILES string of the molecule is CCc1cnc(C(C)NCc2occc2C)s1.